The van der Waals surface area contributed by atoms with Crippen LogP contribution in [0.3, 0.4) is 0 Å². The first kappa shape index (κ1) is 26.7. The predicted octanol–water partition coefficient (Wildman–Crippen LogP) is 6.45. The number of thioether (sulfide) groups is 1. The van der Waals surface area contributed by atoms with E-state index >= 15 is 0 Å². The van der Waals surface area contributed by atoms with Gasteiger partial charge in [-0.25, -0.2) is 10.4 Å². The monoisotopic (exact) mass is 550 g/mol. The van der Waals surface area contributed by atoms with Gasteiger partial charge in [-0.2, -0.15) is 5.10 Å². The maximum absolute atomic E-state index is 12.6. The molecule has 5 aromatic rings. The van der Waals surface area contributed by atoms with Gasteiger partial charge in [0.1, 0.15) is 11.3 Å². The number of nitrogens with zero attached hydrogens (tertiary/aromatic N) is 2. The van der Waals surface area contributed by atoms with Gasteiger partial charge in [0, 0.05) is 28.1 Å². The number of hydrogen-bond donors (Lipinski definition) is 2. The first-order valence-corrected chi connectivity index (χ1v) is 13.4. The number of carbonyl (C=O) groups is 2. The molecule has 0 aliphatic carbocycles. The highest BCUT2D eigenvalue weighted by Crippen LogP contribution is 2.30. The number of fused-ring (bicyclic) bond motifs is 1. The molecule has 4 aromatic carbocycles. The highest BCUT2D eigenvalue weighted by molar-refractivity contribution is 7.98. The fourth-order valence-corrected chi connectivity index (χ4v) is 4.70. The quantitative estimate of drug-likeness (QED) is 0.124. The standard InChI is InChI=1S/C31H26N4O4S/c1-20-7-10-22(11-8-20)29(36)33-25-14-12-23(13-15-25)30(37)35-32-18-21-9-16-27(38-2)24(17-21)19-40-31-34-26-5-3-4-6-28(26)39-31/h3-18H,19H2,1-2H3,(H,33,36)(H,35,37)/b32-18-. The van der Waals surface area contributed by atoms with Gasteiger partial charge < -0.3 is 14.5 Å². The Kier molecular flexibility index (Phi) is 8.22. The number of benzene rings is 4. The number of carbonyl (C=O) groups excluding carboxylic acids is 2. The minimum atomic E-state index is -0.368. The number of oxazole rings is 1. The predicted molar refractivity (Wildman–Crippen MR) is 157 cm³/mol. The topological polar surface area (TPSA) is 106 Å². The van der Waals surface area contributed by atoms with Gasteiger partial charge >= 0.3 is 0 Å². The van der Waals surface area contributed by atoms with Crippen molar-refractivity contribution in [1.29, 1.82) is 0 Å². The second-order valence-electron chi connectivity index (χ2n) is 8.90. The lowest BCUT2D eigenvalue weighted by Crippen LogP contribution is -2.18. The normalized spacial score (nSPS) is 11.1. The third kappa shape index (κ3) is 6.57. The van der Waals surface area contributed by atoms with Crippen LogP contribution in [0.2, 0.25) is 0 Å². The molecule has 0 fully saturated rings. The Labute approximate surface area is 235 Å². The largest absolute Gasteiger partial charge is 0.496 e. The first-order chi connectivity index (χ1) is 19.5. The Hall–Kier alpha value is -4.89. The average molecular weight is 551 g/mol. The summed E-state index contributed by atoms with van der Waals surface area (Å²) in [6.07, 6.45) is 1.57. The second-order valence-corrected chi connectivity index (χ2v) is 9.83. The number of hydrazone groups is 1. The molecule has 2 N–H and O–H groups in total. The molecule has 0 atom stereocenters. The fraction of sp³-hybridized carbons (Fsp3) is 0.0968. The van der Waals surface area contributed by atoms with Gasteiger partial charge in [-0.15, -0.1) is 0 Å². The highest BCUT2D eigenvalue weighted by Gasteiger charge is 2.11. The van der Waals surface area contributed by atoms with E-state index in [1.165, 1.54) is 11.8 Å². The van der Waals surface area contributed by atoms with Gasteiger partial charge in [0.25, 0.3) is 17.0 Å². The van der Waals surface area contributed by atoms with Crippen LogP contribution in [0.25, 0.3) is 11.1 Å². The van der Waals surface area contributed by atoms with Gasteiger partial charge in [0.15, 0.2) is 5.58 Å². The molecule has 2 amide bonds. The van der Waals surface area contributed by atoms with Gasteiger partial charge in [0.05, 0.1) is 13.3 Å². The molecule has 0 aliphatic rings. The van der Waals surface area contributed by atoms with Gasteiger partial charge in [-0.3, -0.25) is 9.59 Å². The van der Waals surface area contributed by atoms with Crippen LogP contribution in [0.1, 0.15) is 37.4 Å². The zero-order valence-corrected chi connectivity index (χ0v) is 22.7. The van der Waals surface area contributed by atoms with Crippen molar-refractivity contribution in [2.24, 2.45) is 5.10 Å². The fourth-order valence-electron chi connectivity index (χ4n) is 3.89. The molecule has 40 heavy (non-hydrogen) atoms. The summed E-state index contributed by atoms with van der Waals surface area (Å²) >= 11 is 1.47. The molecular weight excluding hydrogens is 524 g/mol. The van der Waals surface area contributed by atoms with E-state index in [2.05, 4.69) is 20.8 Å². The Morgan fingerprint density at radius 1 is 0.950 bits per heavy atom. The van der Waals surface area contributed by atoms with Crippen molar-refractivity contribution < 1.29 is 18.7 Å². The van der Waals surface area contributed by atoms with E-state index in [0.29, 0.717) is 27.8 Å². The zero-order valence-electron chi connectivity index (χ0n) is 21.9. The number of methoxy groups -OCH3 is 1. The number of aromatic nitrogens is 1. The molecule has 0 unspecified atom stereocenters. The molecule has 0 radical (unpaired) electrons. The van der Waals surface area contributed by atoms with E-state index < -0.39 is 0 Å². The average Bonchev–Trinajstić information content (AvgIpc) is 3.40. The third-order valence-corrected chi connectivity index (χ3v) is 6.91. The smallest absolute Gasteiger partial charge is 0.271 e. The lowest BCUT2D eigenvalue weighted by Gasteiger charge is -2.08. The number of aryl methyl sites for hydroxylation is 1. The summed E-state index contributed by atoms with van der Waals surface area (Å²) in [6.45, 7) is 1.96. The van der Waals surface area contributed by atoms with E-state index in [1.807, 2.05) is 61.5 Å². The molecule has 1 heterocycles. The number of ether oxygens (including phenoxy) is 1. The van der Waals surface area contributed by atoms with Crippen LogP contribution in [-0.2, 0) is 5.75 Å². The van der Waals surface area contributed by atoms with E-state index in [1.54, 1.807) is 49.7 Å². The van der Waals surface area contributed by atoms with Crippen LogP contribution in [0.4, 0.5) is 5.69 Å². The van der Waals surface area contributed by atoms with Crippen molar-refractivity contribution in [3.05, 3.63) is 119 Å². The van der Waals surface area contributed by atoms with Crippen molar-refractivity contribution in [2.45, 2.75) is 17.9 Å². The summed E-state index contributed by atoms with van der Waals surface area (Å²) in [5.41, 5.74) is 8.48. The summed E-state index contributed by atoms with van der Waals surface area (Å²) in [5, 5.41) is 7.51. The van der Waals surface area contributed by atoms with Crippen molar-refractivity contribution in [2.75, 3.05) is 12.4 Å². The molecule has 0 saturated heterocycles. The van der Waals surface area contributed by atoms with E-state index in [0.717, 1.165) is 33.5 Å². The van der Waals surface area contributed by atoms with Crippen LogP contribution in [0.5, 0.6) is 5.75 Å². The minimum absolute atomic E-state index is 0.215. The maximum atomic E-state index is 12.6. The third-order valence-electron chi connectivity index (χ3n) is 6.03. The van der Waals surface area contributed by atoms with E-state index in [9.17, 15) is 9.59 Å². The van der Waals surface area contributed by atoms with Gasteiger partial charge in [0.2, 0.25) is 0 Å². The summed E-state index contributed by atoms with van der Waals surface area (Å²) in [6, 6.07) is 27.2. The molecule has 200 valence electrons. The molecule has 1 aromatic heterocycles. The van der Waals surface area contributed by atoms with Crippen molar-refractivity contribution in [3.8, 4) is 5.75 Å². The molecule has 0 saturated carbocycles. The lowest BCUT2D eigenvalue weighted by atomic mass is 10.1. The van der Waals surface area contributed by atoms with Crippen LogP contribution in [0.15, 0.2) is 106 Å². The van der Waals surface area contributed by atoms with E-state index in [4.69, 9.17) is 9.15 Å². The SMILES string of the molecule is COc1ccc(/C=N\NC(=O)c2ccc(NC(=O)c3ccc(C)cc3)cc2)cc1CSc1nc2ccccc2o1. The molecule has 8 nitrogen and oxygen atoms in total. The van der Waals surface area contributed by atoms with Crippen molar-refractivity contribution in [1.82, 2.24) is 10.4 Å². The summed E-state index contributed by atoms with van der Waals surface area (Å²) in [7, 11) is 1.62. The van der Waals surface area contributed by atoms with Crippen molar-refractivity contribution >= 4 is 46.6 Å². The molecular formula is C31H26N4O4S. The highest BCUT2D eigenvalue weighted by atomic mass is 32.2. The number of rotatable bonds is 9. The number of para-hydroxylation sites is 2. The Bertz CT molecular complexity index is 1650. The lowest BCUT2D eigenvalue weighted by molar-refractivity contribution is 0.0954. The number of hydrogen-bond acceptors (Lipinski definition) is 7. The van der Waals surface area contributed by atoms with Crippen LogP contribution < -0.4 is 15.5 Å². The molecule has 0 spiro atoms. The molecule has 0 aliphatic heterocycles. The van der Waals surface area contributed by atoms with Gasteiger partial charge in [-0.1, -0.05) is 41.6 Å². The summed E-state index contributed by atoms with van der Waals surface area (Å²) in [5.74, 6) is 0.733. The van der Waals surface area contributed by atoms with Crippen LogP contribution in [0, 0.1) is 6.92 Å². The summed E-state index contributed by atoms with van der Waals surface area (Å²) < 4.78 is 11.3. The number of anilines is 1. The van der Waals surface area contributed by atoms with Crippen LogP contribution in [-0.4, -0.2) is 30.1 Å². The van der Waals surface area contributed by atoms with Gasteiger partial charge in [-0.05, 0) is 79.2 Å². The minimum Gasteiger partial charge on any atom is -0.496 e. The zero-order chi connectivity index (χ0) is 27.9. The maximum Gasteiger partial charge on any atom is 0.271 e. The molecule has 5 rings (SSSR count). The first-order valence-electron chi connectivity index (χ1n) is 12.5. The van der Waals surface area contributed by atoms with E-state index in [-0.39, 0.29) is 11.8 Å². The second kappa shape index (κ2) is 12.3. The number of amides is 2. The summed E-state index contributed by atoms with van der Waals surface area (Å²) in [4.78, 5) is 29.5. The Morgan fingerprint density at radius 2 is 1.68 bits per heavy atom. The number of nitrogens with one attached hydrogen (secondary N) is 2. The van der Waals surface area contributed by atoms with Crippen molar-refractivity contribution in [3.63, 3.8) is 0 Å². The Morgan fingerprint density at radius 3 is 2.42 bits per heavy atom. The molecule has 0 bridgehead atoms. The molecule has 9 heteroatoms. The Balaban J connectivity index is 1.17. The van der Waals surface area contributed by atoms with Crippen LogP contribution >= 0.6 is 11.8 Å².